The first-order valence-electron chi connectivity index (χ1n) is 7.08. The molecule has 2 aromatic heterocycles. The van der Waals surface area contributed by atoms with E-state index in [0.29, 0.717) is 11.5 Å². The van der Waals surface area contributed by atoms with Gasteiger partial charge in [0, 0.05) is 26.5 Å². The van der Waals surface area contributed by atoms with E-state index in [1.165, 1.54) is 0 Å². The number of hydrogen-bond acceptors (Lipinski definition) is 4. The molecule has 0 bridgehead atoms. The molecule has 0 saturated heterocycles. The molecule has 2 heterocycles. The van der Waals surface area contributed by atoms with Gasteiger partial charge < -0.3 is 15.2 Å². The van der Waals surface area contributed by atoms with E-state index < -0.39 is 5.97 Å². The Hall–Kier alpha value is -2.08. The zero-order valence-electron chi connectivity index (χ0n) is 12.0. The lowest BCUT2D eigenvalue weighted by atomic mass is 10.0. The van der Waals surface area contributed by atoms with Crippen molar-refractivity contribution in [2.75, 3.05) is 25.6 Å². The molecule has 6 nitrogen and oxygen atoms in total. The third kappa shape index (κ3) is 2.71. The average molecular weight is 289 g/mol. The van der Waals surface area contributed by atoms with Gasteiger partial charge in [0.25, 0.3) is 0 Å². The number of hydrogen-bond donors (Lipinski definition) is 2. The van der Waals surface area contributed by atoms with Crippen LogP contribution in [0.2, 0.25) is 0 Å². The van der Waals surface area contributed by atoms with E-state index in [2.05, 4.69) is 10.3 Å². The molecule has 1 aliphatic rings. The van der Waals surface area contributed by atoms with Crippen molar-refractivity contribution in [3.8, 4) is 0 Å². The summed E-state index contributed by atoms with van der Waals surface area (Å²) in [7, 11) is 1.70. The summed E-state index contributed by atoms with van der Waals surface area (Å²) in [4.78, 5) is 15.9. The first-order chi connectivity index (χ1) is 10.2. The molecule has 112 valence electrons. The minimum absolute atomic E-state index is 0.188. The van der Waals surface area contributed by atoms with E-state index in [4.69, 9.17) is 4.74 Å². The number of imidazole rings is 1. The van der Waals surface area contributed by atoms with Crippen molar-refractivity contribution in [2.45, 2.75) is 19.3 Å². The van der Waals surface area contributed by atoms with Gasteiger partial charge in [0.1, 0.15) is 5.65 Å². The van der Waals surface area contributed by atoms with Crippen LogP contribution in [0.3, 0.4) is 0 Å². The number of carbonyl (C=O) groups is 1. The van der Waals surface area contributed by atoms with Crippen LogP contribution in [0.1, 0.15) is 29.8 Å². The molecule has 0 radical (unpaired) electrons. The van der Waals surface area contributed by atoms with E-state index in [-0.39, 0.29) is 11.1 Å². The van der Waals surface area contributed by atoms with E-state index in [1.54, 1.807) is 29.8 Å². The second-order valence-electron chi connectivity index (χ2n) is 5.64. The zero-order chi connectivity index (χ0) is 14.9. The van der Waals surface area contributed by atoms with Crippen molar-refractivity contribution < 1.29 is 14.6 Å². The highest BCUT2D eigenvalue weighted by molar-refractivity contribution is 5.92. The molecule has 0 aliphatic heterocycles. The number of nitrogens with zero attached hydrogens (tertiary/aromatic N) is 2. The lowest BCUT2D eigenvalue weighted by Crippen LogP contribution is -2.19. The number of carboxylic acids is 1. The summed E-state index contributed by atoms with van der Waals surface area (Å²) >= 11 is 0. The third-order valence-corrected chi connectivity index (χ3v) is 4.16. The second-order valence-corrected chi connectivity index (χ2v) is 5.64. The monoisotopic (exact) mass is 289 g/mol. The number of ether oxygens (including phenoxy) is 1. The normalized spacial score (nSPS) is 16.0. The molecule has 6 heteroatoms. The van der Waals surface area contributed by atoms with Crippen LogP contribution in [-0.4, -0.2) is 40.7 Å². The molecule has 1 fully saturated rings. The van der Waals surface area contributed by atoms with Gasteiger partial charge in [0.2, 0.25) is 0 Å². The molecule has 0 spiro atoms. The standard InChI is InChI=1S/C15H19N3O3/c1-21-9-7-15(5-6-15)10-16-13-12(14(19)20)18-8-3-2-4-11(18)17-13/h2-4,8,16H,5-7,9-10H2,1H3,(H,19,20). The fourth-order valence-electron chi connectivity index (χ4n) is 2.61. The molecule has 2 N–H and O–H groups in total. The van der Waals surface area contributed by atoms with Crippen molar-refractivity contribution in [1.82, 2.24) is 9.38 Å². The number of fused-ring (bicyclic) bond motifs is 1. The van der Waals surface area contributed by atoms with Gasteiger partial charge in [-0.15, -0.1) is 0 Å². The summed E-state index contributed by atoms with van der Waals surface area (Å²) in [6.45, 7) is 1.47. The van der Waals surface area contributed by atoms with Gasteiger partial charge in [-0.1, -0.05) is 6.07 Å². The minimum Gasteiger partial charge on any atom is -0.476 e. The van der Waals surface area contributed by atoms with E-state index in [1.807, 2.05) is 6.07 Å². The molecule has 0 atom stereocenters. The molecule has 21 heavy (non-hydrogen) atoms. The lowest BCUT2D eigenvalue weighted by molar-refractivity contribution is 0.0690. The highest BCUT2D eigenvalue weighted by Crippen LogP contribution is 2.48. The van der Waals surface area contributed by atoms with Gasteiger partial charge >= 0.3 is 5.97 Å². The smallest absolute Gasteiger partial charge is 0.356 e. The predicted octanol–water partition coefficient (Wildman–Crippen LogP) is 2.26. The summed E-state index contributed by atoms with van der Waals surface area (Å²) in [5, 5.41) is 12.6. The van der Waals surface area contributed by atoms with Crippen LogP contribution >= 0.6 is 0 Å². The molecule has 2 aromatic rings. The van der Waals surface area contributed by atoms with Crippen LogP contribution in [0.15, 0.2) is 24.4 Å². The number of pyridine rings is 1. The Labute approximate surface area is 122 Å². The van der Waals surface area contributed by atoms with Gasteiger partial charge in [-0.2, -0.15) is 0 Å². The molecular formula is C15H19N3O3. The molecule has 0 unspecified atom stereocenters. The highest BCUT2D eigenvalue weighted by Gasteiger charge is 2.42. The summed E-state index contributed by atoms with van der Waals surface area (Å²) in [6, 6.07) is 5.44. The van der Waals surface area contributed by atoms with E-state index in [0.717, 1.165) is 32.4 Å². The minimum atomic E-state index is -0.974. The Morgan fingerprint density at radius 1 is 1.52 bits per heavy atom. The fraction of sp³-hybridized carbons (Fsp3) is 0.467. The largest absolute Gasteiger partial charge is 0.476 e. The fourth-order valence-corrected chi connectivity index (χ4v) is 2.61. The molecular weight excluding hydrogens is 270 g/mol. The molecule has 0 aromatic carbocycles. The first-order valence-corrected chi connectivity index (χ1v) is 7.08. The second kappa shape index (κ2) is 5.37. The first kappa shape index (κ1) is 13.9. The number of methoxy groups -OCH3 is 1. The van der Waals surface area contributed by atoms with Crippen LogP contribution in [0, 0.1) is 5.41 Å². The van der Waals surface area contributed by atoms with Crippen molar-refractivity contribution in [3.63, 3.8) is 0 Å². The topological polar surface area (TPSA) is 75.9 Å². The number of carboxylic acid groups (broad SMARTS) is 1. The quantitative estimate of drug-likeness (QED) is 0.817. The third-order valence-electron chi connectivity index (χ3n) is 4.16. The van der Waals surface area contributed by atoms with Gasteiger partial charge in [-0.3, -0.25) is 4.40 Å². The Balaban J connectivity index is 1.81. The Bertz CT molecular complexity index is 661. The summed E-state index contributed by atoms with van der Waals surface area (Å²) in [5.74, 6) is -0.532. The summed E-state index contributed by atoms with van der Waals surface area (Å²) in [5.41, 5.74) is 1.06. The van der Waals surface area contributed by atoms with Crippen LogP contribution in [-0.2, 0) is 4.74 Å². The van der Waals surface area contributed by atoms with Gasteiger partial charge in [-0.25, -0.2) is 9.78 Å². The van der Waals surface area contributed by atoms with E-state index in [9.17, 15) is 9.90 Å². The number of rotatable bonds is 7. The van der Waals surface area contributed by atoms with Gasteiger partial charge in [0.05, 0.1) is 0 Å². The molecule has 0 amide bonds. The number of aromatic carboxylic acids is 1. The molecule has 1 aliphatic carbocycles. The SMILES string of the molecule is COCCC1(CNc2nc3ccccn3c2C(=O)O)CC1. The van der Waals surface area contributed by atoms with Crippen LogP contribution < -0.4 is 5.32 Å². The van der Waals surface area contributed by atoms with Crippen LogP contribution in [0.4, 0.5) is 5.82 Å². The van der Waals surface area contributed by atoms with Crippen molar-refractivity contribution >= 4 is 17.4 Å². The number of nitrogens with one attached hydrogen (secondary N) is 1. The average Bonchev–Trinajstić information content (AvgIpc) is 3.14. The Morgan fingerprint density at radius 2 is 2.33 bits per heavy atom. The van der Waals surface area contributed by atoms with Crippen LogP contribution in [0.25, 0.3) is 5.65 Å². The number of anilines is 1. The summed E-state index contributed by atoms with van der Waals surface area (Å²) < 4.78 is 6.73. The van der Waals surface area contributed by atoms with Crippen molar-refractivity contribution in [3.05, 3.63) is 30.1 Å². The maximum absolute atomic E-state index is 11.5. The lowest BCUT2D eigenvalue weighted by Gasteiger charge is -2.15. The van der Waals surface area contributed by atoms with Gasteiger partial charge in [0.15, 0.2) is 11.5 Å². The highest BCUT2D eigenvalue weighted by atomic mass is 16.5. The maximum Gasteiger partial charge on any atom is 0.356 e. The Kier molecular flexibility index (Phi) is 3.55. The predicted molar refractivity (Wildman–Crippen MR) is 78.8 cm³/mol. The Morgan fingerprint density at radius 3 is 3.00 bits per heavy atom. The van der Waals surface area contributed by atoms with Crippen molar-refractivity contribution in [1.29, 1.82) is 0 Å². The molecule has 3 rings (SSSR count). The van der Waals surface area contributed by atoms with E-state index >= 15 is 0 Å². The van der Waals surface area contributed by atoms with Gasteiger partial charge in [-0.05, 0) is 36.8 Å². The maximum atomic E-state index is 11.5. The van der Waals surface area contributed by atoms with Crippen LogP contribution in [0.5, 0.6) is 0 Å². The summed E-state index contributed by atoms with van der Waals surface area (Å²) in [6.07, 6.45) is 5.01. The zero-order valence-corrected chi connectivity index (χ0v) is 12.0. The molecule has 1 saturated carbocycles. The number of aromatic nitrogens is 2. The van der Waals surface area contributed by atoms with Crippen molar-refractivity contribution in [2.24, 2.45) is 5.41 Å².